The second-order valence-electron chi connectivity index (χ2n) is 13.7. The van der Waals surface area contributed by atoms with E-state index in [1.165, 1.54) is 17.2 Å². The van der Waals surface area contributed by atoms with E-state index in [0.29, 0.717) is 17.6 Å². The van der Waals surface area contributed by atoms with Crippen LogP contribution in [0.25, 0.3) is 33.5 Å². The lowest BCUT2D eigenvalue weighted by molar-refractivity contribution is -0.0504. The summed E-state index contributed by atoms with van der Waals surface area (Å²) in [6.45, 7) is -1.41. The highest BCUT2D eigenvalue weighted by atomic mass is 35.5. The summed E-state index contributed by atoms with van der Waals surface area (Å²) in [5.41, 5.74) is 18.2. The maximum atomic E-state index is 14.1. The van der Waals surface area contributed by atoms with Crippen LogP contribution in [0, 0.1) is 6.08 Å². The van der Waals surface area contributed by atoms with Crippen molar-refractivity contribution in [3.05, 3.63) is 35.6 Å². The van der Waals surface area contributed by atoms with Gasteiger partial charge in [-0.1, -0.05) is 0 Å². The smallest absolute Gasteiger partial charge is 0.394 e. The Kier molecular flexibility index (Phi) is 13.5. The number of nitrogens with zero attached hydrogens (tertiary/aromatic N) is 12. The Balaban J connectivity index is 0.000000143. The molecule has 0 spiro atoms. The average Bonchev–Trinajstić information content (AvgIpc) is 4.08. The number of imidazole rings is 3. The molecule has 63 heavy (non-hydrogen) atoms. The minimum atomic E-state index is -4.78. The SMILES string of the molecule is Nc1nc(Cl)nc2c1ncn2[C@@H]1O[C@H](CO)C(O)[C@H]1F.Nc1nc(Cl)nc2c1ncn2[C@H]1CC(O)[C@@H](CO)O1.Nc1nc(F)nc2c1ncn2[C@@H]1O[C@H](COP(=O)(O)O)C(O)[C@H]1O. The Labute approximate surface area is 359 Å². The lowest BCUT2D eigenvalue weighted by Gasteiger charge is -2.16. The number of anilines is 3. The molecule has 0 aromatic carbocycles. The van der Waals surface area contributed by atoms with E-state index in [-0.39, 0.29) is 57.0 Å². The number of aromatic nitrogens is 12. The van der Waals surface area contributed by atoms with Crippen LogP contribution in [-0.4, -0.2) is 168 Å². The standard InChI is InChI=1S/C10H11ClFN5O3.C10H12ClN5O3.C10H13FN5O7P/c11-10-15-7(13)5-8(16-10)17(2-14-5)9-4(12)6(19)3(1-18)20-9;11-10-14-8(12)7-9(15-10)16(3-13-7)6-1-4(18)5(2-17)19-6;11-10-14-7(12)4-8(15-10)16(2-13-4)9-6(18)5(17)3(23-9)1-22-24(19,20)21/h2-4,6,9,18-19H,1H2,(H2,13,15,16);3-6,17-18H,1-2H2,(H2,12,14,15);2-3,5-6,9,17-18H,1H2,(H2,12,14,15)(H2,19,20,21)/t3-,4-,6?,9-;4?,5-,6-;3-,5?,6-,9-/m111/s1. The lowest BCUT2D eigenvalue weighted by atomic mass is 10.1. The summed E-state index contributed by atoms with van der Waals surface area (Å²) < 4.78 is 62.6. The number of nitrogens with two attached hydrogens (primary N) is 3. The van der Waals surface area contributed by atoms with Gasteiger partial charge >= 0.3 is 13.9 Å². The highest BCUT2D eigenvalue weighted by Gasteiger charge is 2.46. The molecule has 6 aromatic rings. The van der Waals surface area contributed by atoms with E-state index >= 15 is 0 Å². The fraction of sp³-hybridized carbons (Fsp3) is 0.500. The van der Waals surface area contributed by atoms with Crippen LogP contribution in [0.15, 0.2) is 19.0 Å². The van der Waals surface area contributed by atoms with Crippen LogP contribution < -0.4 is 17.2 Å². The predicted molar refractivity (Wildman–Crippen MR) is 207 cm³/mol. The van der Waals surface area contributed by atoms with E-state index in [2.05, 4.69) is 49.4 Å². The zero-order valence-corrected chi connectivity index (χ0v) is 34.0. The molecule has 0 radical (unpaired) electrons. The Hall–Kier alpha value is -4.76. The van der Waals surface area contributed by atoms with Gasteiger partial charge in [0.2, 0.25) is 10.6 Å². The summed E-state index contributed by atoms with van der Waals surface area (Å²) in [5, 5.41) is 57.4. The molecule has 342 valence electrons. The van der Waals surface area contributed by atoms with Gasteiger partial charge in [0.25, 0.3) is 0 Å². The van der Waals surface area contributed by atoms with Gasteiger partial charge in [-0.25, -0.2) is 23.9 Å². The number of phosphoric ester groups is 1. The largest absolute Gasteiger partial charge is 0.469 e. The number of nitrogen functional groups attached to an aromatic ring is 3. The highest BCUT2D eigenvalue weighted by molar-refractivity contribution is 7.46. The molecule has 9 heterocycles. The quantitative estimate of drug-likeness (QED) is 0.0561. The molecule has 11 atom stereocenters. The van der Waals surface area contributed by atoms with Gasteiger partial charge in [0.05, 0.1) is 44.9 Å². The van der Waals surface area contributed by atoms with Gasteiger partial charge in [-0.15, -0.1) is 0 Å². The first-order valence-electron chi connectivity index (χ1n) is 18.0. The molecule has 33 heteroatoms. The lowest BCUT2D eigenvalue weighted by Crippen LogP contribution is -2.33. The van der Waals surface area contributed by atoms with E-state index in [4.69, 9.17) is 74.6 Å². The molecule has 3 saturated heterocycles. The first-order chi connectivity index (χ1) is 29.8. The summed E-state index contributed by atoms with van der Waals surface area (Å²) in [6, 6.07) is 0. The fourth-order valence-electron chi connectivity index (χ4n) is 6.71. The number of alkyl halides is 1. The maximum Gasteiger partial charge on any atom is 0.469 e. The number of rotatable bonds is 8. The van der Waals surface area contributed by atoms with Crippen molar-refractivity contribution in [2.24, 2.45) is 0 Å². The van der Waals surface area contributed by atoms with Crippen molar-refractivity contribution in [1.29, 1.82) is 0 Å². The Morgan fingerprint density at radius 2 is 1.19 bits per heavy atom. The third kappa shape index (κ3) is 9.41. The summed E-state index contributed by atoms with van der Waals surface area (Å²) in [6.07, 6.45) is -9.52. The van der Waals surface area contributed by atoms with Crippen molar-refractivity contribution in [3.8, 4) is 0 Å². The molecule has 28 nitrogen and oxygen atoms in total. The van der Waals surface area contributed by atoms with Gasteiger partial charge in [-0.05, 0) is 23.2 Å². The van der Waals surface area contributed by atoms with Crippen LogP contribution >= 0.6 is 31.0 Å². The first-order valence-corrected chi connectivity index (χ1v) is 20.3. The molecule has 6 aromatic heterocycles. The van der Waals surface area contributed by atoms with Crippen LogP contribution in [0.4, 0.5) is 26.2 Å². The molecular weight excluding hydrogens is 918 g/mol. The number of phosphoric acid groups is 1. The number of hydrogen-bond acceptors (Lipinski definition) is 23. The van der Waals surface area contributed by atoms with Crippen molar-refractivity contribution in [2.45, 2.75) is 74.0 Å². The molecule has 3 fully saturated rings. The van der Waals surface area contributed by atoms with E-state index in [1.807, 2.05) is 0 Å². The Morgan fingerprint density at radius 3 is 1.71 bits per heavy atom. The number of halogens is 4. The Bertz CT molecular complexity index is 2650. The number of hydrogen-bond donors (Lipinski definition) is 11. The van der Waals surface area contributed by atoms with Gasteiger partial charge in [-0.3, -0.25) is 18.2 Å². The first kappa shape index (κ1) is 46.2. The average molecular weight is 955 g/mol. The van der Waals surface area contributed by atoms with Gasteiger partial charge in [-0.2, -0.15) is 34.3 Å². The van der Waals surface area contributed by atoms with Gasteiger partial charge in [0.1, 0.15) is 53.9 Å². The zero-order valence-electron chi connectivity index (χ0n) is 31.6. The summed E-state index contributed by atoms with van der Waals surface area (Å²) >= 11 is 11.5. The molecule has 14 N–H and O–H groups in total. The van der Waals surface area contributed by atoms with Crippen LogP contribution in [0.5, 0.6) is 0 Å². The molecule has 3 unspecified atom stereocenters. The Morgan fingerprint density at radius 1 is 0.698 bits per heavy atom. The van der Waals surface area contributed by atoms with E-state index < -0.39 is 94.7 Å². The number of fused-ring (bicyclic) bond motifs is 3. The number of aliphatic hydroxyl groups is 6. The van der Waals surface area contributed by atoms with Gasteiger partial charge < -0.3 is 71.8 Å². The molecule has 3 aliphatic heterocycles. The zero-order chi connectivity index (χ0) is 45.7. The highest BCUT2D eigenvalue weighted by Crippen LogP contribution is 2.39. The van der Waals surface area contributed by atoms with Crippen molar-refractivity contribution in [2.75, 3.05) is 37.0 Å². The second-order valence-corrected chi connectivity index (χ2v) is 15.7. The molecule has 9 rings (SSSR count). The molecule has 0 aliphatic carbocycles. The minimum Gasteiger partial charge on any atom is -0.394 e. The topological polar surface area (TPSA) is 425 Å². The monoisotopic (exact) mass is 953 g/mol. The van der Waals surface area contributed by atoms with Crippen molar-refractivity contribution in [1.82, 2.24) is 58.6 Å². The van der Waals surface area contributed by atoms with Crippen LogP contribution in [0.3, 0.4) is 0 Å². The van der Waals surface area contributed by atoms with Crippen LogP contribution in [-0.2, 0) is 23.3 Å². The fourth-order valence-corrected chi connectivity index (χ4v) is 7.39. The molecular formula is C30H36Cl2F2N15O13P. The third-order valence-electron chi connectivity index (χ3n) is 9.72. The van der Waals surface area contributed by atoms with E-state index in [9.17, 15) is 33.8 Å². The summed E-state index contributed by atoms with van der Waals surface area (Å²) in [5.74, 6) is 0.0306. The van der Waals surface area contributed by atoms with Crippen molar-refractivity contribution < 1.29 is 72.5 Å². The molecule has 0 saturated carbocycles. The minimum absolute atomic E-state index is 0.0176. The third-order valence-corrected chi connectivity index (χ3v) is 10.5. The molecule has 3 aliphatic rings. The maximum absolute atomic E-state index is 14.1. The van der Waals surface area contributed by atoms with Crippen LogP contribution in [0.1, 0.15) is 25.1 Å². The second kappa shape index (κ2) is 18.4. The normalized spacial score (nSPS) is 28.4. The van der Waals surface area contributed by atoms with Crippen molar-refractivity contribution >= 4 is 82.0 Å². The molecule has 0 bridgehead atoms. The predicted octanol–water partition coefficient (Wildman–Crippen LogP) is -2.37. The van der Waals surface area contributed by atoms with E-state index in [1.54, 1.807) is 4.57 Å². The molecule has 0 amide bonds. The number of aliphatic hydroxyl groups excluding tert-OH is 6. The van der Waals surface area contributed by atoms with Gasteiger partial charge in [0, 0.05) is 6.42 Å². The van der Waals surface area contributed by atoms with Gasteiger partial charge in [0.15, 0.2) is 58.5 Å². The summed E-state index contributed by atoms with van der Waals surface area (Å²) in [4.78, 5) is 51.7. The van der Waals surface area contributed by atoms with E-state index in [0.717, 1.165) is 10.9 Å². The number of ether oxygens (including phenoxy) is 3. The van der Waals surface area contributed by atoms with Crippen molar-refractivity contribution in [3.63, 3.8) is 0 Å². The summed E-state index contributed by atoms with van der Waals surface area (Å²) in [7, 11) is -4.78. The van der Waals surface area contributed by atoms with Crippen LogP contribution in [0.2, 0.25) is 10.6 Å².